The Balaban J connectivity index is 1.72. The molecule has 0 bridgehead atoms. The number of carboxylic acid groups (broad SMARTS) is 1. The van der Waals surface area contributed by atoms with Crippen LogP contribution in [0.4, 0.5) is 10.1 Å². The van der Waals surface area contributed by atoms with Gasteiger partial charge in [-0.2, -0.15) is 0 Å². The monoisotopic (exact) mass is 449 g/mol. The fraction of sp³-hybridized carbons (Fsp3) is 0.136. The van der Waals surface area contributed by atoms with Crippen molar-refractivity contribution in [1.82, 2.24) is 0 Å². The summed E-state index contributed by atoms with van der Waals surface area (Å²) in [4.78, 5) is 10.9. The lowest BCUT2D eigenvalue weighted by atomic mass is 10.1. The number of methoxy groups -OCH3 is 1. The van der Waals surface area contributed by atoms with E-state index in [0.29, 0.717) is 17.3 Å². The Bertz CT molecular complexity index is 1040. The molecule has 0 aliphatic heterocycles. The van der Waals surface area contributed by atoms with E-state index >= 15 is 0 Å². The maximum Gasteiger partial charge on any atom is 0.335 e. The minimum Gasteiger partial charge on any atom is -0.493 e. The van der Waals surface area contributed by atoms with Crippen molar-refractivity contribution < 1.29 is 23.8 Å². The number of carbonyl (C=O) groups is 1. The van der Waals surface area contributed by atoms with Crippen molar-refractivity contribution >= 4 is 34.9 Å². The summed E-state index contributed by atoms with van der Waals surface area (Å²) in [6.45, 7) is 0.316. The number of benzene rings is 3. The largest absolute Gasteiger partial charge is 0.493 e. The third kappa shape index (κ3) is 5.14. The molecule has 156 valence electrons. The molecule has 0 saturated carbocycles. The maximum atomic E-state index is 14.0. The number of ether oxygens (including phenoxy) is 2. The van der Waals surface area contributed by atoms with Crippen molar-refractivity contribution in [2.45, 2.75) is 13.2 Å². The SMILES string of the molecule is COc1cc(CNc2ccc(C(=O)O)cc2)cc(Cl)c1OCc1c(F)cccc1Cl. The highest BCUT2D eigenvalue weighted by Gasteiger charge is 2.15. The van der Waals surface area contributed by atoms with Crippen molar-refractivity contribution in [2.24, 2.45) is 0 Å². The standard InChI is InChI=1S/C22H18Cl2FNO4/c1-29-20-10-13(11-26-15-7-5-14(6-8-15)22(27)28)9-18(24)21(20)30-12-16-17(23)3-2-4-19(16)25/h2-10,26H,11-12H2,1H3,(H,27,28). The average molecular weight is 450 g/mol. The molecular formula is C22H18Cl2FNO4. The molecule has 0 aliphatic carbocycles. The van der Waals surface area contributed by atoms with Crippen LogP contribution in [-0.4, -0.2) is 18.2 Å². The summed E-state index contributed by atoms with van der Waals surface area (Å²) in [6.07, 6.45) is 0. The smallest absolute Gasteiger partial charge is 0.335 e. The van der Waals surface area contributed by atoms with Gasteiger partial charge in [-0.1, -0.05) is 29.3 Å². The molecule has 0 aromatic heterocycles. The maximum absolute atomic E-state index is 14.0. The van der Waals surface area contributed by atoms with E-state index in [2.05, 4.69) is 5.32 Å². The molecule has 3 aromatic carbocycles. The second-order valence-corrected chi connectivity index (χ2v) is 7.15. The topological polar surface area (TPSA) is 67.8 Å². The van der Waals surface area contributed by atoms with Crippen molar-refractivity contribution in [3.63, 3.8) is 0 Å². The minimum atomic E-state index is -0.981. The van der Waals surface area contributed by atoms with Crippen molar-refractivity contribution in [3.05, 3.63) is 87.2 Å². The first-order valence-corrected chi connectivity index (χ1v) is 9.64. The number of carboxylic acids is 1. The van der Waals surface area contributed by atoms with Gasteiger partial charge in [0.05, 0.1) is 22.7 Å². The second-order valence-electron chi connectivity index (χ2n) is 6.33. The number of nitrogens with one attached hydrogen (secondary N) is 1. The summed E-state index contributed by atoms with van der Waals surface area (Å²) in [6, 6.07) is 14.3. The molecule has 5 nitrogen and oxygen atoms in total. The van der Waals surface area contributed by atoms with Crippen LogP contribution < -0.4 is 14.8 Å². The first-order valence-electron chi connectivity index (χ1n) is 8.88. The number of hydrogen-bond donors (Lipinski definition) is 2. The molecule has 0 spiro atoms. The highest BCUT2D eigenvalue weighted by atomic mass is 35.5. The van der Waals surface area contributed by atoms with Crippen molar-refractivity contribution in [1.29, 1.82) is 0 Å². The van der Waals surface area contributed by atoms with E-state index in [1.54, 1.807) is 30.3 Å². The Labute approximate surface area is 183 Å². The average Bonchev–Trinajstić information content (AvgIpc) is 2.73. The molecule has 2 N–H and O–H groups in total. The van der Waals surface area contributed by atoms with Crippen LogP contribution in [0, 0.1) is 5.82 Å². The van der Waals surface area contributed by atoms with E-state index < -0.39 is 11.8 Å². The molecule has 3 rings (SSSR count). The summed E-state index contributed by atoms with van der Waals surface area (Å²) >= 11 is 12.4. The molecule has 0 amide bonds. The molecular weight excluding hydrogens is 432 g/mol. The van der Waals surface area contributed by atoms with Crippen LogP contribution in [-0.2, 0) is 13.2 Å². The molecule has 0 unspecified atom stereocenters. The normalized spacial score (nSPS) is 10.5. The Morgan fingerprint density at radius 3 is 2.47 bits per heavy atom. The Morgan fingerprint density at radius 2 is 1.83 bits per heavy atom. The molecule has 0 saturated heterocycles. The van der Waals surface area contributed by atoms with Crippen LogP contribution in [0.3, 0.4) is 0 Å². The predicted octanol–water partition coefficient (Wildman–Crippen LogP) is 6.03. The number of rotatable bonds is 8. The summed E-state index contributed by atoms with van der Waals surface area (Å²) in [5.41, 5.74) is 2.01. The molecule has 0 heterocycles. The van der Waals surface area contributed by atoms with E-state index in [1.165, 1.54) is 31.4 Å². The first-order chi connectivity index (χ1) is 14.4. The number of aromatic carboxylic acids is 1. The highest BCUT2D eigenvalue weighted by molar-refractivity contribution is 6.32. The van der Waals surface area contributed by atoms with Crippen LogP contribution in [0.5, 0.6) is 11.5 Å². The van der Waals surface area contributed by atoms with Gasteiger partial charge in [0.2, 0.25) is 0 Å². The zero-order valence-corrected chi connectivity index (χ0v) is 17.4. The molecule has 0 radical (unpaired) electrons. The van der Waals surface area contributed by atoms with Crippen LogP contribution >= 0.6 is 23.2 Å². The minimum absolute atomic E-state index is 0.102. The van der Waals surface area contributed by atoms with E-state index in [-0.39, 0.29) is 28.5 Å². The van der Waals surface area contributed by atoms with E-state index in [1.807, 2.05) is 0 Å². The summed E-state index contributed by atoms with van der Waals surface area (Å²) in [5, 5.41) is 12.7. The zero-order chi connectivity index (χ0) is 21.7. The fourth-order valence-electron chi connectivity index (χ4n) is 2.76. The highest BCUT2D eigenvalue weighted by Crippen LogP contribution is 2.37. The fourth-order valence-corrected chi connectivity index (χ4v) is 3.27. The lowest BCUT2D eigenvalue weighted by Crippen LogP contribution is -2.04. The van der Waals surface area contributed by atoms with Crippen LogP contribution in [0.1, 0.15) is 21.5 Å². The number of halogens is 3. The van der Waals surface area contributed by atoms with E-state index in [0.717, 1.165) is 11.3 Å². The lowest BCUT2D eigenvalue weighted by Gasteiger charge is -2.15. The summed E-state index contributed by atoms with van der Waals surface area (Å²) in [7, 11) is 1.48. The van der Waals surface area contributed by atoms with Gasteiger partial charge in [0.1, 0.15) is 12.4 Å². The van der Waals surface area contributed by atoms with Gasteiger partial charge in [0.25, 0.3) is 0 Å². The molecule has 8 heteroatoms. The Morgan fingerprint density at radius 1 is 1.10 bits per heavy atom. The number of anilines is 1. The third-order valence-corrected chi connectivity index (χ3v) is 4.98. The first kappa shape index (κ1) is 21.7. The van der Waals surface area contributed by atoms with E-state index in [9.17, 15) is 9.18 Å². The Hall–Kier alpha value is -2.96. The molecule has 0 fully saturated rings. The van der Waals surface area contributed by atoms with Crippen LogP contribution in [0.25, 0.3) is 0 Å². The van der Waals surface area contributed by atoms with Crippen LogP contribution in [0.15, 0.2) is 54.6 Å². The van der Waals surface area contributed by atoms with Gasteiger partial charge < -0.3 is 19.9 Å². The second kappa shape index (κ2) is 9.69. The van der Waals surface area contributed by atoms with Gasteiger partial charge in [0, 0.05) is 17.8 Å². The molecule has 0 aliphatic rings. The molecule has 30 heavy (non-hydrogen) atoms. The van der Waals surface area contributed by atoms with Gasteiger partial charge in [-0.25, -0.2) is 9.18 Å². The summed E-state index contributed by atoms with van der Waals surface area (Å²) < 4.78 is 25.0. The van der Waals surface area contributed by atoms with Crippen LogP contribution in [0.2, 0.25) is 10.0 Å². The van der Waals surface area contributed by atoms with Gasteiger partial charge in [0.15, 0.2) is 11.5 Å². The molecule has 0 atom stereocenters. The molecule has 3 aromatic rings. The van der Waals surface area contributed by atoms with Gasteiger partial charge in [-0.05, 0) is 54.1 Å². The third-order valence-electron chi connectivity index (χ3n) is 4.34. The quantitative estimate of drug-likeness (QED) is 0.439. The van der Waals surface area contributed by atoms with Crippen molar-refractivity contribution in [2.75, 3.05) is 12.4 Å². The van der Waals surface area contributed by atoms with Gasteiger partial charge in [-0.15, -0.1) is 0 Å². The summed E-state index contributed by atoms with van der Waals surface area (Å²) in [5.74, 6) is -0.765. The Kier molecular flexibility index (Phi) is 7.03. The zero-order valence-electron chi connectivity index (χ0n) is 15.9. The van der Waals surface area contributed by atoms with Gasteiger partial charge in [-0.3, -0.25) is 0 Å². The van der Waals surface area contributed by atoms with Crippen molar-refractivity contribution in [3.8, 4) is 11.5 Å². The number of hydrogen-bond acceptors (Lipinski definition) is 4. The predicted molar refractivity (Wildman–Crippen MR) is 114 cm³/mol. The lowest BCUT2D eigenvalue weighted by molar-refractivity contribution is 0.0697. The van der Waals surface area contributed by atoms with Gasteiger partial charge >= 0.3 is 5.97 Å². The van der Waals surface area contributed by atoms with E-state index in [4.69, 9.17) is 37.8 Å².